The van der Waals surface area contributed by atoms with E-state index in [1.807, 2.05) is 24.5 Å². The van der Waals surface area contributed by atoms with Gasteiger partial charge in [-0.2, -0.15) is 0 Å². The van der Waals surface area contributed by atoms with Crippen molar-refractivity contribution in [3.63, 3.8) is 0 Å². The summed E-state index contributed by atoms with van der Waals surface area (Å²) in [6, 6.07) is 5.87. The molecule has 0 fully saturated rings. The number of pyridine rings is 2. The van der Waals surface area contributed by atoms with E-state index in [0.29, 0.717) is 0 Å². The molecule has 1 N–H and O–H groups in total. The van der Waals surface area contributed by atoms with E-state index in [9.17, 15) is 0 Å². The number of aromatic nitrogens is 2. The molecule has 2 aromatic rings. The van der Waals surface area contributed by atoms with Crippen molar-refractivity contribution < 1.29 is 4.74 Å². The highest BCUT2D eigenvalue weighted by Crippen LogP contribution is 2.26. The van der Waals surface area contributed by atoms with E-state index in [1.165, 1.54) is 0 Å². The largest absolute Gasteiger partial charge is 0.494 e. The van der Waals surface area contributed by atoms with Gasteiger partial charge >= 0.3 is 0 Å². The Morgan fingerprint density at radius 3 is 3.00 bits per heavy atom. The summed E-state index contributed by atoms with van der Waals surface area (Å²) in [6.45, 7) is 3.99. The van der Waals surface area contributed by atoms with Gasteiger partial charge in [0.25, 0.3) is 0 Å². The summed E-state index contributed by atoms with van der Waals surface area (Å²) in [6.07, 6.45) is 6.58. The van der Waals surface area contributed by atoms with E-state index in [1.54, 1.807) is 13.3 Å². The van der Waals surface area contributed by atoms with Gasteiger partial charge in [-0.1, -0.05) is 6.92 Å². The molecule has 19 heavy (non-hydrogen) atoms. The minimum atomic E-state index is 0.767. The summed E-state index contributed by atoms with van der Waals surface area (Å²) in [4.78, 5) is 8.65. The average Bonchev–Trinajstić information content (AvgIpc) is 2.48. The standard InChI is InChI=1S/C15H19N3O/c1-3-6-16-9-12-8-13(11-17-10-12)15-14(19-2)5-4-7-18-15/h4-5,7-8,10-11,16H,3,6,9H2,1-2H3. The molecule has 0 radical (unpaired) electrons. The lowest BCUT2D eigenvalue weighted by atomic mass is 10.1. The normalized spacial score (nSPS) is 10.4. The van der Waals surface area contributed by atoms with Crippen molar-refractivity contribution in [3.05, 3.63) is 42.4 Å². The van der Waals surface area contributed by atoms with Crippen LogP contribution in [0, 0.1) is 0 Å². The van der Waals surface area contributed by atoms with Crippen molar-refractivity contribution >= 4 is 0 Å². The van der Waals surface area contributed by atoms with Crippen LogP contribution in [0.1, 0.15) is 18.9 Å². The van der Waals surface area contributed by atoms with E-state index in [-0.39, 0.29) is 0 Å². The second-order valence-corrected chi connectivity index (χ2v) is 4.31. The molecule has 2 aromatic heterocycles. The smallest absolute Gasteiger partial charge is 0.145 e. The summed E-state index contributed by atoms with van der Waals surface area (Å²) < 4.78 is 5.33. The highest BCUT2D eigenvalue weighted by atomic mass is 16.5. The van der Waals surface area contributed by atoms with Crippen molar-refractivity contribution in [1.29, 1.82) is 0 Å². The third-order valence-electron chi connectivity index (χ3n) is 2.81. The molecule has 2 rings (SSSR count). The molecule has 0 aromatic carbocycles. The molecule has 0 saturated heterocycles. The number of methoxy groups -OCH3 is 1. The molecule has 4 heteroatoms. The van der Waals surface area contributed by atoms with Crippen LogP contribution >= 0.6 is 0 Å². The summed E-state index contributed by atoms with van der Waals surface area (Å²) in [5, 5.41) is 3.37. The Bertz CT molecular complexity index is 528. The van der Waals surface area contributed by atoms with Crippen molar-refractivity contribution in [1.82, 2.24) is 15.3 Å². The van der Waals surface area contributed by atoms with E-state index >= 15 is 0 Å². The third kappa shape index (κ3) is 3.51. The highest BCUT2D eigenvalue weighted by Gasteiger charge is 2.07. The Labute approximate surface area is 113 Å². The Morgan fingerprint density at radius 2 is 2.21 bits per heavy atom. The van der Waals surface area contributed by atoms with Crippen LogP contribution in [0.4, 0.5) is 0 Å². The molecular weight excluding hydrogens is 238 g/mol. The third-order valence-corrected chi connectivity index (χ3v) is 2.81. The van der Waals surface area contributed by atoms with Gasteiger partial charge in [0.15, 0.2) is 0 Å². The Kier molecular flexibility index (Phi) is 4.86. The number of nitrogens with one attached hydrogen (secondary N) is 1. The summed E-state index contributed by atoms with van der Waals surface area (Å²) in [5.41, 5.74) is 2.96. The Balaban J connectivity index is 2.22. The number of hydrogen-bond acceptors (Lipinski definition) is 4. The summed E-state index contributed by atoms with van der Waals surface area (Å²) in [7, 11) is 1.65. The van der Waals surface area contributed by atoms with Gasteiger partial charge in [-0.3, -0.25) is 9.97 Å². The van der Waals surface area contributed by atoms with Crippen molar-refractivity contribution in [3.8, 4) is 17.0 Å². The maximum absolute atomic E-state index is 5.33. The van der Waals surface area contributed by atoms with Crippen LogP contribution in [0.25, 0.3) is 11.3 Å². The fourth-order valence-corrected chi connectivity index (χ4v) is 1.90. The van der Waals surface area contributed by atoms with E-state index < -0.39 is 0 Å². The van der Waals surface area contributed by atoms with Crippen molar-refractivity contribution in [2.75, 3.05) is 13.7 Å². The first-order valence-corrected chi connectivity index (χ1v) is 6.49. The molecule has 2 heterocycles. The van der Waals surface area contributed by atoms with Gasteiger partial charge < -0.3 is 10.1 Å². The predicted octanol–water partition coefficient (Wildman–Crippen LogP) is 2.65. The first kappa shape index (κ1) is 13.5. The zero-order chi connectivity index (χ0) is 13.5. The molecular formula is C15H19N3O. The second-order valence-electron chi connectivity index (χ2n) is 4.31. The lowest BCUT2D eigenvalue weighted by Crippen LogP contribution is -2.13. The average molecular weight is 257 g/mol. The lowest BCUT2D eigenvalue weighted by Gasteiger charge is -2.08. The SMILES string of the molecule is CCCNCc1cncc(-c2ncccc2OC)c1. The lowest BCUT2D eigenvalue weighted by molar-refractivity contribution is 0.415. The molecule has 0 unspecified atom stereocenters. The molecule has 0 atom stereocenters. The molecule has 4 nitrogen and oxygen atoms in total. The Morgan fingerprint density at radius 1 is 1.32 bits per heavy atom. The van der Waals surface area contributed by atoms with E-state index in [0.717, 1.165) is 42.1 Å². The topological polar surface area (TPSA) is 47.0 Å². The quantitative estimate of drug-likeness (QED) is 0.808. The van der Waals surface area contributed by atoms with Gasteiger partial charge in [-0.15, -0.1) is 0 Å². The van der Waals surface area contributed by atoms with Crippen LogP contribution < -0.4 is 10.1 Å². The minimum absolute atomic E-state index is 0.767. The second kappa shape index (κ2) is 6.85. The van der Waals surface area contributed by atoms with Gasteiger partial charge in [0.2, 0.25) is 0 Å². The minimum Gasteiger partial charge on any atom is -0.494 e. The van der Waals surface area contributed by atoms with Crippen molar-refractivity contribution in [2.45, 2.75) is 19.9 Å². The van der Waals surface area contributed by atoms with Gasteiger partial charge in [-0.25, -0.2) is 0 Å². The van der Waals surface area contributed by atoms with Crippen LogP contribution in [0.5, 0.6) is 5.75 Å². The Hall–Kier alpha value is -1.94. The predicted molar refractivity (Wildman–Crippen MR) is 76.0 cm³/mol. The molecule has 0 aliphatic heterocycles. The number of nitrogens with zero attached hydrogens (tertiary/aromatic N) is 2. The van der Waals surface area contributed by atoms with Gasteiger partial charge in [0, 0.05) is 30.7 Å². The molecule has 0 bridgehead atoms. The molecule has 0 saturated carbocycles. The fraction of sp³-hybridized carbons (Fsp3) is 0.333. The van der Waals surface area contributed by atoms with Gasteiger partial charge in [0.05, 0.1) is 7.11 Å². The van der Waals surface area contributed by atoms with Gasteiger partial charge in [0.1, 0.15) is 11.4 Å². The zero-order valence-electron chi connectivity index (χ0n) is 11.4. The number of ether oxygens (including phenoxy) is 1. The monoisotopic (exact) mass is 257 g/mol. The molecule has 0 aliphatic rings. The molecule has 0 spiro atoms. The van der Waals surface area contributed by atoms with Crippen LogP contribution in [-0.4, -0.2) is 23.6 Å². The van der Waals surface area contributed by atoms with Crippen LogP contribution in [-0.2, 0) is 6.54 Å². The highest BCUT2D eigenvalue weighted by molar-refractivity contribution is 5.65. The molecule has 0 amide bonds. The maximum Gasteiger partial charge on any atom is 0.145 e. The zero-order valence-corrected chi connectivity index (χ0v) is 11.4. The van der Waals surface area contributed by atoms with Crippen molar-refractivity contribution in [2.24, 2.45) is 0 Å². The first-order chi connectivity index (χ1) is 9.35. The maximum atomic E-state index is 5.33. The molecule has 0 aliphatic carbocycles. The van der Waals surface area contributed by atoms with E-state index in [2.05, 4.69) is 28.3 Å². The van der Waals surface area contributed by atoms with Gasteiger partial charge in [-0.05, 0) is 36.7 Å². The van der Waals surface area contributed by atoms with Crippen LogP contribution in [0.15, 0.2) is 36.8 Å². The van der Waals surface area contributed by atoms with Crippen LogP contribution in [0.3, 0.4) is 0 Å². The fourth-order valence-electron chi connectivity index (χ4n) is 1.90. The van der Waals surface area contributed by atoms with Crippen LogP contribution in [0.2, 0.25) is 0 Å². The summed E-state index contributed by atoms with van der Waals surface area (Å²) in [5.74, 6) is 0.767. The number of rotatable bonds is 6. The summed E-state index contributed by atoms with van der Waals surface area (Å²) >= 11 is 0. The molecule has 100 valence electrons. The number of hydrogen-bond donors (Lipinski definition) is 1. The van der Waals surface area contributed by atoms with E-state index in [4.69, 9.17) is 4.74 Å². The first-order valence-electron chi connectivity index (χ1n) is 6.49.